The van der Waals surface area contributed by atoms with Crippen molar-refractivity contribution >= 4 is 24.4 Å². The number of rotatable bonds is 1. The van der Waals surface area contributed by atoms with E-state index in [1.165, 1.54) is 0 Å². The van der Waals surface area contributed by atoms with E-state index in [1.807, 2.05) is 36.4 Å². The van der Waals surface area contributed by atoms with Crippen LogP contribution in [0.1, 0.15) is 1.37 Å². The van der Waals surface area contributed by atoms with Crippen molar-refractivity contribution in [3.8, 4) is 5.69 Å². The van der Waals surface area contributed by atoms with Crippen molar-refractivity contribution in [2.24, 2.45) is 0 Å². The van der Waals surface area contributed by atoms with Gasteiger partial charge in [0.15, 0.2) is 0 Å². The van der Waals surface area contributed by atoms with Crippen LogP contribution >= 0.6 is 0 Å². The van der Waals surface area contributed by atoms with Crippen molar-refractivity contribution < 1.29 is 1.37 Å². The first-order chi connectivity index (χ1) is 8.25. The van der Waals surface area contributed by atoms with E-state index in [9.17, 15) is 4.79 Å². The van der Waals surface area contributed by atoms with Gasteiger partial charge in [0.1, 0.15) is 0 Å². The van der Waals surface area contributed by atoms with Crippen LogP contribution in [0.4, 0.5) is 0 Å². The molecule has 0 radical (unpaired) electrons. The standard InChI is InChI=1S/C13H9NOSe/c15-13-11-8-4-5-9-12(11)16-14(13)10-6-2-1-3-7-10/h1-9H/i1D. The molecule has 0 N–H and O–H groups in total. The summed E-state index contributed by atoms with van der Waals surface area (Å²) in [5, 5.41) is 0.808. The predicted octanol–water partition coefficient (Wildman–Crippen LogP) is 2.05. The zero-order valence-electron chi connectivity index (χ0n) is 9.38. The number of benzene rings is 2. The Balaban J connectivity index is 2.27. The molecule has 0 saturated heterocycles. The molecule has 0 atom stereocenters. The van der Waals surface area contributed by atoms with E-state index >= 15 is 0 Å². The first kappa shape index (κ1) is 8.57. The zero-order valence-corrected chi connectivity index (χ0v) is 10.1. The molecule has 3 rings (SSSR count). The van der Waals surface area contributed by atoms with E-state index in [2.05, 4.69) is 0 Å². The average molecular weight is 275 g/mol. The summed E-state index contributed by atoms with van der Waals surface area (Å²) < 4.78 is 10.4. The van der Waals surface area contributed by atoms with Gasteiger partial charge in [-0.1, -0.05) is 0 Å². The summed E-state index contributed by atoms with van der Waals surface area (Å²) in [6.07, 6.45) is 0. The number of hydrogen-bond donors (Lipinski definition) is 0. The average Bonchev–Trinajstić information content (AvgIpc) is 2.69. The van der Waals surface area contributed by atoms with Crippen LogP contribution in [0, 0.1) is 0 Å². The van der Waals surface area contributed by atoms with Crippen LogP contribution in [0.15, 0.2) is 59.4 Å². The molecule has 2 nitrogen and oxygen atoms in total. The number of nitrogens with zero attached hydrogens (tertiary/aromatic N) is 1. The van der Waals surface area contributed by atoms with Gasteiger partial charge in [0, 0.05) is 0 Å². The van der Waals surface area contributed by atoms with Crippen molar-refractivity contribution in [3.63, 3.8) is 0 Å². The van der Waals surface area contributed by atoms with Gasteiger partial charge in [0.25, 0.3) is 0 Å². The van der Waals surface area contributed by atoms with Crippen molar-refractivity contribution in [2.75, 3.05) is 0 Å². The molecular formula is C13H9NOSe. The molecule has 0 bridgehead atoms. The van der Waals surface area contributed by atoms with Crippen LogP contribution in [0.3, 0.4) is 0 Å². The van der Waals surface area contributed by atoms with Crippen molar-refractivity contribution in [2.45, 2.75) is 0 Å². The third-order valence-corrected chi connectivity index (χ3v) is 4.76. The second-order valence-electron chi connectivity index (χ2n) is 3.45. The van der Waals surface area contributed by atoms with E-state index in [-0.39, 0.29) is 20.3 Å². The molecule has 0 spiro atoms. The molecule has 0 amide bonds. The number of fused-ring (bicyclic) bond motifs is 1. The van der Waals surface area contributed by atoms with Gasteiger partial charge in [0.2, 0.25) is 0 Å². The summed E-state index contributed by atoms with van der Waals surface area (Å²) in [5.41, 5.74) is 0.945. The van der Waals surface area contributed by atoms with Crippen molar-refractivity contribution in [1.82, 2.24) is 3.56 Å². The topological polar surface area (TPSA) is 22.0 Å². The van der Waals surface area contributed by atoms with Gasteiger partial charge in [0.05, 0.1) is 0 Å². The molecule has 0 aliphatic rings. The van der Waals surface area contributed by atoms with Crippen LogP contribution in [-0.4, -0.2) is 18.3 Å². The third kappa shape index (κ3) is 1.45. The molecule has 2 aromatic carbocycles. The molecule has 3 aromatic rings. The molecule has 0 aliphatic heterocycles. The SMILES string of the molecule is [2H]c1ccc(-n2[se]c3ccccc3c2=O)cc1. The van der Waals surface area contributed by atoms with Crippen LogP contribution < -0.4 is 5.56 Å². The van der Waals surface area contributed by atoms with Gasteiger partial charge in [-0.2, -0.15) is 0 Å². The molecule has 0 saturated carbocycles. The Hall–Kier alpha value is -1.57. The molecule has 1 heterocycles. The second-order valence-corrected chi connectivity index (χ2v) is 5.52. The Bertz CT molecular complexity index is 727. The quantitative estimate of drug-likeness (QED) is 0.623. The van der Waals surface area contributed by atoms with Crippen molar-refractivity contribution in [3.05, 3.63) is 64.9 Å². The maximum absolute atomic E-state index is 12.2. The van der Waals surface area contributed by atoms with E-state index in [0.717, 1.165) is 15.3 Å². The molecule has 0 fully saturated rings. The van der Waals surface area contributed by atoms with Crippen LogP contribution in [0.5, 0.6) is 0 Å². The predicted molar refractivity (Wildman–Crippen MR) is 66.5 cm³/mol. The first-order valence-corrected chi connectivity index (χ1v) is 6.56. The van der Waals surface area contributed by atoms with E-state index in [0.29, 0.717) is 6.04 Å². The summed E-state index contributed by atoms with van der Waals surface area (Å²) in [5.74, 6) is 0. The van der Waals surface area contributed by atoms with Crippen LogP contribution in [-0.2, 0) is 0 Å². The number of aromatic nitrogens is 1. The summed E-state index contributed by atoms with van der Waals surface area (Å²) in [6.45, 7) is 0. The fourth-order valence-corrected chi connectivity index (χ4v) is 3.75. The van der Waals surface area contributed by atoms with Gasteiger partial charge in [-0.3, -0.25) is 0 Å². The fourth-order valence-electron chi connectivity index (χ4n) is 1.66. The molecule has 16 heavy (non-hydrogen) atoms. The molecule has 0 unspecified atom stereocenters. The minimum atomic E-state index is 0.0111. The van der Waals surface area contributed by atoms with Gasteiger partial charge >= 0.3 is 99.9 Å². The Morgan fingerprint density at radius 3 is 2.56 bits per heavy atom. The summed E-state index contributed by atoms with van der Waals surface area (Å²) in [7, 11) is 0. The maximum atomic E-state index is 12.2. The molecule has 3 heteroatoms. The van der Waals surface area contributed by atoms with Gasteiger partial charge in [-0.15, -0.1) is 0 Å². The Labute approximate surface area is 100 Å². The third-order valence-electron chi connectivity index (χ3n) is 2.43. The molecule has 78 valence electrons. The number of para-hydroxylation sites is 1. The fraction of sp³-hybridized carbons (Fsp3) is 0. The van der Waals surface area contributed by atoms with Gasteiger partial charge < -0.3 is 0 Å². The zero-order chi connectivity index (χ0) is 11.8. The molecular weight excluding hydrogens is 265 g/mol. The molecule has 0 aliphatic carbocycles. The Kier molecular flexibility index (Phi) is 2.02. The first-order valence-electron chi connectivity index (χ1n) is 5.44. The minimum absolute atomic E-state index is 0.0111. The van der Waals surface area contributed by atoms with E-state index in [4.69, 9.17) is 1.37 Å². The van der Waals surface area contributed by atoms with E-state index < -0.39 is 0 Å². The van der Waals surface area contributed by atoms with Gasteiger partial charge in [-0.05, 0) is 0 Å². The van der Waals surface area contributed by atoms with E-state index in [1.54, 1.807) is 15.7 Å². The van der Waals surface area contributed by atoms with Crippen molar-refractivity contribution in [1.29, 1.82) is 0 Å². The van der Waals surface area contributed by atoms with Gasteiger partial charge in [-0.25, -0.2) is 0 Å². The summed E-state index contributed by atoms with van der Waals surface area (Å²) in [6, 6.07) is 15.3. The summed E-state index contributed by atoms with van der Waals surface area (Å²) in [4.78, 5) is 12.2. The Morgan fingerprint density at radius 2 is 1.81 bits per heavy atom. The normalized spacial score (nSPS) is 11.6. The number of hydrogen-bond acceptors (Lipinski definition) is 1. The van der Waals surface area contributed by atoms with Crippen LogP contribution in [0.25, 0.3) is 15.3 Å². The monoisotopic (exact) mass is 276 g/mol. The Morgan fingerprint density at radius 1 is 1.06 bits per heavy atom. The second kappa shape index (κ2) is 3.78. The van der Waals surface area contributed by atoms with Crippen LogP contribution in [0.2, 0.25) is 0 Å². The molecule has 1 aromatic heterocycles. The summed E-state index contributed by atoms with van der Waals surface area (Å²) >= 11 is 0.0111.